The number of benzene rings is 2. The summed E-state index contributed by atoms with van der Waals surface area (Å²) in [5, 5.41) is 4.52. The molecule has 0 saturated carbocycles. The zero-order valence-electron chi connectivity index (χ0n) is 11.6. The third-order valence-electron chi connectivity index (χ3n) is 3.09. The minimum atomic E-state index is -3.18. The molecule has 0 aliphatic heterocycles. The Hall–Kier alpha value is -1.23. The predicted molar refractivity (Wildman–Crippen MR) is 88.1 cm³/mol. The fourth-order valence-corrected chi connectivity index (χ4v) is 3.06. The van der Waals surface area contributed by atoms with Crippen LogP contribution < -0.4 is 5.32 Å². The van der Waals surface area contributed by atoms with Gasteiger partial charge in [0.05, 0.1) is 10.9 Å². The topological polar surface area (TPSA) is 46.2 Å². The van der Waals surface area contributed by atoms with E-state index in [9.17, 15) is 8.42 Å². The molecule has 0 saturated heterocycles. The molecule has 112 valence electrons. The molecular formula is C15H15Cl2NO2S. The van der Waals surface area contributed by atoms with Crippen LogP contribution in [0, 0.1) is 0 Å². The summed E-state index contributed by atoms with van der Waals surface area (Å²) in [4.78, 5) is 0.293. The fraction of sp³-hybridized carbons (Fsp3) is 0.200. The number of halogens is 2. The third-order valence-corrected chi connectivity index (χ3v) is 4.80. The van der Waals surface area contributed by atoms with Gasteiger partial charge in [0, 0.05) is 22.0 Å². The minimum Gasteiger partial charge on any atom is -0.378 e. The monoisotopic (exact) mass is 343 g/mol. The second-order valence-electron chi connectivity index (χ2n) is 4.83. The zero-order chi connectivity index (χ0) is 15.6. The molecule has 1 atom stereocenters. The predicted octanol–water partition coefficient (Wildman–Crippen LogP) is 4.57. The van der Waals surface area contributed by atoms with E-state index in [1.807, 2.05) is 13.0 Å². The zero-order valence-corrected chi connectivity index (χ0v) is 13.9. The Bertz CT molecular complexity index is 743. The Labute approximate surface area is 134 Å². The van der Waals surface area contributed by atoms with Crippen LogP contribution in [-0.4, -0.2) is 14.7 Å². The quantitative estimate of drug-likeness (QED) is 0.884. The molecular weight excluding hydrogens is 329 g/mol. The molecule has 0 aliphatic carbocycles. The Balaban J connectivity index is 2.20. The second kappa shape index (κ2) is 6.26. The van der Waals surface area contributed by atoms with Crippen LogP contribution in [-0.2, 0) is 9.84 Å². The van der Waals surface area contributed by atoms with Crippen LogP contribution in [0.5, 0.6) is 0 Å². The van der Waals surface area contributed by atoms with Crippen LogP contribution in [0.15, 0.2) is 47.4 Å². The maximum Gasteiger partial charge on any atom is 0.175 e. The van der Waals surface area contributed by atoms with E-state index in [4.69, 9.17) is 23.2 Å². The largest absolute Gasteiger partial charge is 0.378 e. The first-order valence-corrected chi connectivity index (χ1v) is 8.94. The van der Waals surface area contributed by atoms with Gasteiger partial charge in [-0.1, -0.05) is 23.2 Å². The van der Waals surface area contributed by atoms with Gasteiger partial charge in [0.2, 0.25) is 0 Å². The molecule has 0 bridgehead atoms. The maximum atomic E-state index is 11.4. The van der Waals surface area contributed by atoms with Gasteiger partial charge in [0.15, 0.2) is 9.84 Å². The molecule has 0 aromatic heterocycles. The van der Waals surface area contributed by atoms with Crippen molar-refractivity contribution in [2.24, 2.45) is 0 Å². The van der Waals surface area contributed by atoms with E-state index in [1.165, 1.54) is 6.26 Å². The van der Waals surface area contributed by atoms with Gasteiger partial charge in [0.1, 0.15) is 0 Å². The van der Waals surface area contributed by atoms with E-state index >= 15 is 0 Å². The van der Waals surface area contributed by atoms with E-state index in [-0.39, 0.29) is 6.04 Å². The average Bonchev–Trinajstić information content (AvgIpc) is 2.41. The van der Waals surface area contributed by atoms with Gasteiger partial charge in [-0.15, -0.1) is 0 Å². The van der Waals surface area contributed by atoms with Crippen LogP contribution in [0.3, 0.4) is 0 Å². The standard InChI is InChI=1S/C15H15Cl2NO2S/c1-10(14-9-11(16)3-8-15(14)17)18-12-4-6-13(7-5-12)21(2,19)20/h3-10,18H,1-2H3. The highest BCUT2D eigenvalue weighted by Crippen LogP contribution is 2.28. The molecule has 21 heavy (non-hydrogen) atoms. The average molecular weight is 344 g/mol. The maximum absolute atomic E-state index is 11.4. The van der Waals surface area contributed by atoms with E-state index in [2.05, 4.69) is 5.32 Å². The Kier molecular flexibility index (Phi) is 4.81. The summed E-state index contributed by atoms with van der Waals surface area (Å²) in [6.07, 6.45) is 1.18. The van der Waals surface area contributed by atoms with Crippen LogP contribution in [0.25, 0.3) is 0 Å². The van der Waals surface area contributed by atoms with Crippen LogP contribution in [0.1, 0.15) is 18.5 Å². The summed E-state index contributed by atoms with van der Waals surface area (Å²) in [6, 6.07) is 11.8. The molecule has 0 radical (unpaired) electrons. The van der Waals surface area contributed by atoms with Crippen LogP contribution in [0.4, 0.5) is 5.69 Å². The summed E-state index contributed by atoms with van der Waals surface area (Å²) in [5.41, 5.74) is 1.70. The van der Waals surface area contributed by atoms with Crippen molar-refractivity contribution < 1.29 is 8.42 Å². The van der Waals surface area contributed by atoms with Crippen molar-refractivity contribution in [1.29, 1.82) is 0 Å². The van der Waals surface area contributed by atoms with E-state index < -0.39 is 9.84 Å². The van der Waals surface area contributed by atoms with Crippen LogP contribution in [0.2, 0.25) is 10.0 Å². The van der Waals surface area contributed by atoms with Gasteiger partial charge in [0.25, 0.3) is 0 Å². The first-order valence-electron chi connectivity index (χ1n) is 6.29. The molecule has 3 nitrogen and oxygen atoms in total. The lowest BCUT2D eigenvalue weighted by molar-refractivity contribution is 0.602. The van der Waals surface area contributed by atoms with Gasteiger partial charge in [-0.25, -0.2) is 8.42 Å². The van der Waals surface area contributed by atoms with Gasteiger partial charge in [-0.2, -0.15) is 0 Å². The highest BCUT2D eigenvalue weighted by molar-refractivity contribution is 7.90. The lowest BCUT2D eigenvalue weighted by atomic mass is 10.1. The Morgan fingerprint density at radius 3 is 2.24 bits per heavy atom. The minimum absolute atomic E-state index is 0.0553. The van der Waals surface area contributed by atoms with Crippen molar-refractivity contribution >= 4 is 38.7 Å². The molecule has 0 fully saturated rings. The van der Waals surface area contributed by atoms with Crippen molar-refractivity contribution in [3.63, 3.8) is 0 Å². The number of anilines is 1. The lowest BCUT2D eigenvalue weighted by Gasteiger charge is -2.17. The first kappa shape index (κ1) is 16.1. The number of sulfone groups is 1. The number of hydrogen-bond donors (Lipinski definition) is 1. The van der Waals surface area contributed by atoms with E-state index in [1.54, 1.807) is 36.4 Å². The highest BCUT2D eigenvalue weighted by atomic mass is 35.5. The van der Waals surface area contributed by atoms with Crippen molar-refractivity contribution in [3.05, 3.63) is 58.1 Å². The summed E-state index contributed by atoms with van der Waals surface area (Å²) in [5.74, 6) is 0. The van der Waals surface area contributed by atoms with Crippen molar-refractivity contribution in [2.45, 2.75) is 17.9 Å². The number of nitrogens with one attached hydrogen (secondary N) is 1. The van der Waals surface area contributed by atoms with Gasteiger partial charge >= 0.3 is 0 Å². The first-order chi connectivity index (χ1) is 9.77. The van der Waals surface area contributed by atoms with Crippen LogP contribution >= 0.6 is 23.2 Å². The second-order valence-corrected chi connectivity index (χ2v) is 7.69. The molecule has 0 spiro atoms. The molecule has 0 aliphatic rings. The summed E-state index contributed by atoms with van der Waals surface area (Å²) >= 11 is 12.1. The molecule has 2 rings (SSSR count). The molecule has 6 heteroatoms. The summed E-state index contributed by atoms with van der Waals surface area (Å²) in [6.45, 7) is 1.96. The summed E-state index contributed by atoms with van der Waals surface area (Å²) < 4.78 is 22.8. The molecule has 1 N–H and O–H groups in total. The molecule has 2 aromatic carbocycles. The Morgan fingerprint density at radius 2 is 1.67 bits per heavy atom. The molecule has 2 aromatic rings. The van der Waals surface area contributed by atoms with Gasteiger partial charge in [-0.05, 0) is 55.0 Å². The SMILES string of the molecule is CC(Nc1ccc(S(C)(=O)=O)cc1)c1cc(Cl)ccc1Cl. The third kappa shape index (κ3) is 4.13. The van der Waals surface area contributed by atoms with Gasteiger partial charge in [-0.3, -0.25) is 0 Å². The van der Waals surface area contributed by atoms with Crippen molar-refractivity contribution in [2.75, 3.05) is 11.6 Å². The number of hydrogen-bond acceptors (Lipinski definition) is 3. The van der Waals surface area contributed by atoms with Gasteiger partial charge < -0.3 is 5.32 Å². The summed E-state index contributed by atoms with van der Waals surface area (Å²) in [7, 11) is -3.18. The Morgan fingerprint density at radius 1 is 1.05 bits per heavy atom. The molecule has 1 unspecified atom stereocenters. The highest BCUT2D eigenvalue weighted by Gasteiger charge is 2.11. The fourth-order valence-electron chi connectivity index (χ4n) is 1.97. The van der Waals surface area contributed by atoms with E-state index in [0.29, 0.717) is 14.9 Å². The van der Waals surface area contributed by atoms with Crippen molar-refractivity contribution in [3.8, 4) is 0 Å². The normalized spacial score (nSPS) is 13.0. The smallest absolute Gasteiger partial charge is 0.175 e. The number of rotatable bonds is 4. The molecule has 0 heterocycles. The van der Waals surface area contributed by atoms with E-state index in [0.717, 1.165) is 11.3 Å². The van der Waals surface area contributed by atoms with Crippen molar-refractivity contribution in [1.82, 2.24) is 0 Å². The lowest BCUT2D eigenvalue weighted by Crippen LogP contribution is -2.07. The molecule has 0 amide bonds.